The van der Waals surface area contributed by atoms with Crippen LogP contribution in [0.3, 0.4) is 0 Å². The Hall–Kier alpha value is -2.62. The summed E-state index contributed by atoms with van der Waals surface area (Å²) in [5.41, 5.74) is 0.570. The molecule has 10 heteroatoms. The van der Waals surface area contributed by atoms with Crippen molar-refractivity contribution in [3.05, 3.63) is 41.8 Å². The van der Waals surface area contributed by atoms with E-state index in [1.54, 1.807) is 45.0 Å². The van der Waals surface area contributed by atoms with Crippen molar-refractivity contribution in [3.63, 3.8) is 0 Å². The number of hydrogen-bond acceptors (Lipinski definition) is 6. The first-order chi connectivity index (χ1) is 15.4. The minimum atomic E-state index is -1.16. The van der Waals surface area contributed by atoms with Crippen LogP contribution in [-0.4, -0.2) is 40.9 Å². The molecule has 0 bridgehead atoms. The minimum Gasteiger partial charge on any atom is -0.444 e. The van der Waals surface area contributed by atoms with E-state index < -0.39 is 19.8 Å². The van der Waals surface area contributed by atoms with Crippen molar-refractivity contribution in [3.8, 4) is 11.6 Å². The number of aromatic nitrogens is 3. The molecule has 0 saturated carbocycles. The van der Waals surface area contributed by atoms with E-state index in [2.05, 4.69) is 34.9 Å². The van der Waals surface area contributed by atoms with E-state index in [0.717, 1.165) is 6.04 Å². The van der Waals surface area contributed by atoms with E-state index in [1.165, 1.54) is 0 Å². The summed E-state index contributed by atoms with van der Waals surface area (Å²) in [6.45, 7) is 13.4. The third-order valence-electron chi connectivity index (χ3n) is 4.48. The summed E-state index contributed by atoms with van der Waals surface area (Å²) in [5, 5.41) is 3.48. The predicted octanol–water partition coefficient (Wildman–Crippen LogP) is 6.54. The molecule has 2 heterocycles. The van der Waals surface area contributed by atoms with Gasteiger partial charge in [0.05, 0.1) is 5.39 Å². The van der Waals surface area contributed by atoms with Gasteiger partial charge in [0.1, 0.15) is 18.1 Å². The van der Waals surface area contributed by atoms with Gasteiger partial charge in [0.2, 0.25) is 11.2 Å². The minimum absolute atomic E-state index is 0.0718. The number of benzene rings is 1. The molecule has 3 rings (SSSR count). The first-order valence-corrected chi connectivity index (χ1v) is 14.9. The summed E-state index contributed by atoms with van der Waals surface area (Å²) in [6.07, 6.45) is 1.33. The van der Waals surface area contributed by atoms with Gasteiger partial charge in [-0.25, -0.2) is 4.79 Å². The average molecular weight is 491 g/mol. The Bertz CT molecular complexity index is 1120. The van der Waals surface area contributed by atoms with Crippen molar-refractivity contribution < 1.29 is 19.0 Å². The number of hydrogen-bond donors (Lipinski definition) is 1. The Morgan fingerprint density at radius 1 is 1.18 bits per heavy atom. The average Bonchev–Trinajstić information content (AvgIpc) is 3.06. The van der Waals surface area contributed by atoms with Crippen LogP contribution >= 0.6 is 11.6 Å². The van der Waals surface area contributed by atoms with Gasteiger partial charge in [-0.3, -0.25) is 5.32 Å². The van der Waals surface area contributed by atoms with Crippen molar-refractivity contribution in [2.45, 2.75) is 58.8 Å². The number of carbonyl (C=O) groups excluding carboxylic acids is 1. The first-order valence-electron chi connectivity index (χ1n) is 10.8. The van der Waals surface area contributed by atoms with Crippen LogP contribution in [0.2, 0.25) is 31.0 Å². The topological polar surface area (TPSA) is 87.5 Å². The smallest absolute Gasteiger partial charge is 0.412 e. The third-order valence-corrected chi connectivity index (χ3v) is 6.35. The molecule has 1 N–H and O–H groups in total. The zero-order chi connectivity index (χ0) is 24.2. The molecule has 3 aromatic rings. The maximum Gasteiger partial charge on any atom is 0.412 e. The van der Waals surface area contributed by atoms with Crippen LogP contribution in [0.25, 0.3) is 11.0 Å². The summed E-state index contributed by atoms with van der Waals surface area (Å²) < 4.78 is 19.0. The molecule has 0 aliphatic rings. The van der Waals surface area contributed by atoms with Gasteiger partial charge in [0.25, 0.3) is 0 Å². The number of carbonyl (C=O) groups is 1. The van der Waals surface area contributed by atoms with Crippen LogP contribution in [0.5, 0.6) is 11.6 Å². The molecule has 33 heavy (non-hydrogen) atoms. The van der Waals surface area contributed by atoms with E-state index in [-0.39, 0.29) is 5.28 Å². The van der Waals surface area contributed by atoms with Gasteiger partial charge in [-0.05, 0) is 56.6 Å². The van der Waals surface area contributed by atoms with Crippen LogP contribution in [0, 0.1) is 0 Å². The van der Waals surface area contributed by atoms with Gasteiger partial charge >= 0.3 is 6.09 Å². The lowest BCUT2D eigenvalue weighted by Crippen LogP contribution is -2.27. The van der Waals surface area contributed by atoms with Gasteiger partial charge in [-0.15, -0.1) is 0 Å². The van der Waals surface area contributed by atoms with Crippen molar-refractivity contribution in [2.75, 3.05) is 11.9 Å². The van der Waals surface area contributed by atoms with Crippen LogP contribution in [0.15, 0.2) is 36.5 Å². The van der Waals surface area contributed by atoms with E-state index in [1.807, 2.05) is 16.8 Å². The maximum absolute atomic E-state index is 12.1. The molecule has 1 amide bonds. The number of amides is 1. The zero-order valence-corrected chi connectivity index (χ0v) is 21.7. The Morgan fingerprint density at radius 3 is 2.64 bits per heavy atom. The fourth-order valence-corrected chi connectivity index (χ4v) is 3.82. The van der Waals surface area contributed by atoms with Gasteiger partial charge in [-0.1, -0.05) is 25.7 Å². The normalized spacial score (nSPS) is 12.1. The second-order valence-corrected chi connectivity index (χ2v) is 15.9. The highest BCUT2D eigenvalue weighted by Gasteiger charge is 2.17. The van der Waals surface area contributed by atoms with Crippen LogP contribution < -0.4 is 10.1 Å². The number of rotatable bonds is 8. The van der Waals surface area contributed by atoms with Crippen LogP contribution in [0.4, 0.5) is 10.5 Å². The number of nitrogens with zero attached hydrogens (tertiary/aromatic N) is 3. The van der Waals surface area contributed by atoms with Crippen LogP contribution in [-0.2, 0) is 16.2 Å². The van der Waals surface area contributed by atoms with Crippen molar-refractivity contribution in [1.29, 1.82) is 0 Å². The van der Waals surface area contributed by atoms with Gasteiger partial charge in [-0.2, -0.15) is 9.97 Å². The van der Waals surface area contributed by atoms with Crippen molar-refractivity contribution in [1.82, 2.24) is 14.5 Å². The first kappa shape index (κ1) is 25.0. The summed E-state index contributed by atoms with van der Waals surface area (Å²) in [7, 11) is -1.16. The molecular formula is C23H31ClN4O4Si. The Labute approximate surface area is 200 Å². The molecule has 2 aromatic heterocycles. The lowest BCUT2D eigenvalue weighted by molar-refractivity contribution is 0.0636. The SMILES string of the molecule is CC(C)(C)OC(=O)Nc1cccc(Oc2nc(Cl)nc3c2ccn3COCC[Si](C)(C)C)c1. The maximum atomic E-state index is 12.1. The molecular weight excluding hydrogens is 460 g/mol. The van der Waals surface area contributed by atoms with E-state index in [0.29, 0.717) is 41.7 Å². The molecule has 0 unspecified atom stereocenters. The van der Waals surface area contributed by atoms with Gasteiger partial charge < -0.3 is 18.8 Å². The van der Waals surface area contributed by atoms with Gasteiger partial charge in [0.15, 0.2) is 5.65 Å². The highest BCUT2D eigenvalue weighted by molar-refractivity contribution is 6.76. The van der Waals surface area contributed by atoms with Crippen molar-refractivity contribution >= 4 is 42.5 Å². The summed E-state index contributed by atoms with van der Waals surface area (Å²) in [6, 6.07) is 9.91. The molecule has 0 atom stereocenters. The Balaban J connectivity index is 1.74. The predicted molar refractivity (Wildman–Crippen MR) is 133 cm³/mol. The number of anilines is 1. The molecule has 0 radical (unpaired) electrons. The van der Waals surface area contributed by atoms with Gasteiger partial charge in [0, 0.05) is 32.6 Å². The van der Waals surface area contributed by atoms with Crippen LogP contribution in [0.1, 0.15) is 20.8 Å². The zero-order valence-electron chi connectivity index (χ0n) is 19.9. The number of ether oxygens (including phenoxy) is 3. The molecule has 0 spiro atoms. The Morgan fingerprint density at radius 2 is 1.94 bits per heavy atom. The number of fused-ring (bicyclic) bond motifs is 1. The van der Waals surface area contributed by atoms with E-state index in [9.17, 15) is 4.79 Å². The number of nitrogens with one attached hydrogen (secondary N) is 1. The van der Waals surface area contributed by atoms with E-state index >= 15 is 0 Å². The molecule has 1 aromatic carbocycles. The number of halogens is 1. The summed E-state index contributed by atoms with van der Waals surface area (Å²) in [4.78, 5) is 20.7. The second-order valence-electron chi connectivity index (χ2n) is 9.93. The molecule has 0 aliphatic heterocycles. The lowest BCUT2D eigenvalue weighted by atomic mass is 10.2. The van der Waals surface area contributed by atoms with E-state index in [4.69, 9.17) is 25.8 Å². The molecule has 0 aliphatic carbocycles. The molecule has 0 fully saturated rings. The third kappa shape index (κ3) is 7.73. The molecule has 0 saturated heterocycles. The standard InChI is InChI=1S/C23H31ClN4O4Si/c1-23(2,3)32-22(29)25-16-8-7-9-17(14-16)31-20-18-10-11-28(19(18)26-21(24)27-20)15-30-12-13-33(4,5)6/h7-11,14H,12-13,15H2,1-6H3,(H,25,29). The fourth-order valence-electron chi connectivity index (χ4n) is 2.91. The lowest BCUT2D eigenvalue weighted by Gasteiger charge is -2.19. The highest BCUT2D eigenvalue weighted by atomic mass is 35.5. The Kier molecular flexibility index (Phi) is 7.66. The molecule has 8 nitrogen and oxygen atoms in total. The highest BCUT2D eigenvalue weighted by Crippen LogP contribution is 2.30. The summed E-state index contributed by atoms with van der Waals surface area (Å²) >= 11 is 6.18. The monoisotopic (exact) mass is 490 g/mol. The van der Waals surface area contributed by atoms with Crippen molar-refractivity contribution in [2.24, 2.45) is 0 Å². The molecule has 178 valence electrons. The largest absolute Gasteiger partial charge is 0.444 e. The fraction of sp³-hybridized carbons (Fsp3) is 0.435. The second kappa shape index (κ2) is 10.1. The summed E-state index contributed by atoms with van der Waals surface area (Å²) in [5.74, 6) is 0.805. The quantitative estimate of drug-likeness (QED) is 0.219.